The monoisotopic (exact) mass is 552 g/mol. The van der Waals surface area contributed by atoms with Gasteiger partial charge in [0.25, 0.3) is 0 Å². The lowest BCUT2D eigenvalue weighted by molar-refractivity contribution is -0.192. The fourth-order valence-electron chi connectivity index (χ4n) is 5.91. The molecular formula is C32H44F4O3. The van der Waals surface area contributed by atoms with Crippen LogP contribution in [0.25, 0.3) is 0 Å². The molecular weight excluding hydrogens is 508 g/mol. The van der Waals surface area contributed by atoms with Gasteiger partial charge in [-0.15, -0.1) is 0 Å². The normalized spacial score (nSPS) is 31.2. The smallest absolute Gasteiger partial charge is 0.393 e. The Morgan fingerprint density at radius 2 is 1.33 bits per heavy atom. The van der Waals surface area contributed by atoms with Gasteiger partial charge in [0.1, 0.15) is 6.17 Å². The van der Waals surface area contributed by atoms with Crippen LogP contribution in [0.3, 0.4) is 0 Å². The van der Waals surface area contributed by atoms with Gasteiger partial charge in [-0.3, -0.25) is 0 Å². The molecule has 218 valence electrons. The summed E-state index contributed by atoms with van der Waals surface area (Å²) >= 11 is 0. The molecule has 3 fully saturated rings. The summed E-state index contributed by atoms with van der Waals surface area (Å²) in [7, 11) is 0. The molecule has 0 aliphatic heterocycles. The van der Waals surface area contributed by atoms with Crippen LogP contribution in [0.5, 0.6) is 0 Å². The first kappa shape index (κ1) is 31.5. The molecule has 3 saturated carbocycles. The van der Waals surface area contributed by atoms with Crippen LogP contribution in [-0.4, -0.2) is 37.6 Å². The van der Waals surface area contributed by atoms with Crippen molar-refractivity contribution in [2.24, 2.45) is 29.6 Å². The Morgan fingerprint density at radius 1 is 0.769 bits per heavy atom. The van der Waals surface area contributed by atoms with Crippen molar-refractivity contribution in [3.63, 3.8) is 0 Å². The highest BCUT2D eigenvalue weighted by atomic mass is 19.4. The molecule has 3 aliphatic rings. The van der Waals surface area contributed by atoms with Gasteiger partial charge < -0.3 is 9.47 Å². The maximum Gasteiger partial charge on any atom is 0.393 e. The van der Waals surface area contributed by atoms with Crippen LogP contribution >= 0.6 is 0 Å². The Hall–Kier alpha value is -1.99. The largest absolute Gasteiger partial charge is 0.463 e. The van der Waals surface area contributed by atoms with Crippen molar-refractivity contribution in [2.45, 2.75) is 115 Å². The number of rotatable bonds is 9. The van der Waals surface area contributed by atoms with Gasteiger partial charge in [-0.25, -0.2) is 9.18 Å². The highest BCUT2D eigenvalue weighted by Gasteiger charge is 2.47. The molecule has 0 aromatic carbocycles. The molecule has 3 unspecified atom stereocenters. The molecule has 0 N–H and O–H groups in total. The molecule has 0 radical (unpaired) electrons. The van der Waals surface area contributed by atoms with E-state index in [1.807, 2.05) is 0 Å². The van der Waals surface area contributed by atoms with E-state index in [4.69, 9.17) is 9.47 Å². The van der Waals surface area contributed by atoms with Crippen LogP contribution in [0.15, 0.2) is 12.7 Å². The van der Waals surface area contributed by atoms with Crippen molar-refractivity contribution in [3.05, 3.63) is 12.7 Å². The Kier molecular flexibility index (Phi) is 13.2. The molecule has 0 amide bonds. The zero-order chi connectivity index (χ0) is 28.1. The van der Waals surface area contributed by atoms with E-state index in [0.29, 0.717) is 45.1 Å². The van der Waals surface area contributed by atoms with Gasteiger partial charge in [0.2, 0.25) is 0 Å². The fraction of sp³-hybridized carbons (Fsp3) is 0.781. The van der Waals surface area contributed by atoms with Gasteiger partial charge in [0.15, 0.2) is 0 Å². The summed E-state index contributed by atoms with van der Waals surface area (Å²) in [5.41, 5.74) is 0. The quantitative estimate of drug-likeness (QED) is 0.0956. The van der Waals surface area contributed by atoms with Crippen LogP contribution in [0, 0.1) is 53.3 Å². The molecule has 3 nitrogen and oxygen atoms in total. The minimum absolute atomic E-state index is 0.0300. The number of halogens is 4. The molecule has 0 heterocycles. The van der Waals surface area contributed by atoms with E-state index in [0.717, 1.165) is 58.0 Å². The number of alkyl halides is 4. The van der Waals surface area contributed by atoms with Gasteiger partial charge in [-0.1, -0.05) is 36.7 Å². The molecule has 0 spiro atoms. The lowest BCUT2D eigenvalue weighted by atomic mass is 9.73. The molecule has 0 bridgehead atoms. The minimum atomic E-state index is -4.27. The Bertz CT molecular complexity index is 877. The molecule has 3 rings (SSSR count). The predicted octanol–water partition coefficient (Wildman–Crippen LogP) is 7.98. The van der Waals surface area contributed by atoms with Crippen molar-refractivity contribution < 1.29 is 31.8 Å². The summed E-state index contributed by atoms with van der Waals surface area (Å²) in [6.45, 7) is 4.51. The lowest BCUT2D eigenvalue weighted by Gasteiger charge is -2.33. The van der Waals surface area contributed by atoms with E-state index in [1.165, 1.54) is 6.08 Å². The maximum absolute atomic E-state index is 13.9. The molecule has 7 heteroatoms. The average Bonchev–Trinajstić information content (AvgIpc) is 2.93. The summed E-state index contributed by atoms with van der Waals surface area (Å²) in [6.07, 6.45) is 7.25. The first-order valence-electron chi connectivity index (χ1n) is 14.9. The second kappa shape index (κ2) is 16.3. The Labute approximate surface area is 231 Å². The van der Waals surface area contributed by atoms with E-state index in [-0.39, 0.29) is 36.2 Å². The van der Waals surface area contributed by atoms with Gasteiger partial charge >= 0.3 is 12.1 Å². The summed E-state index contributed by atoms with van der Waals surface area (Å²) in [6, 6.07) is 0. The number of ether oxygens (including phenoxy) is 2. The zero-order valence-electron chi connectivity index (χ0n) is 23.1. The van der Waals surface area contributed by atoms with Gasteiger partial charge in [-0.05, 0) is 89.9 Å². The second-order valence-electron chi connectivity index (χ2n) is 11.4. The molecule has 39 heavy (non-hydrogen) atoms. The fourth-order valence-corrected chi connectivity index (χ4v) is 5.91. The average molecular weight is 553 g/mol. The number of hydrogen-bond acceptors (Lipinski definition) is 3. The third-order valence-corrected chi connectivity index (χ3v) is 8.37. The summed E-state index contributed by atoms with van der Waals surface area (Å²) < 4.78 is 65.9. The van der Waals surface area contributed by atoms with Crippen LogP contribution in [-0.2, 0) is 14.3 Å². The van der Waals surface area contributed by atoms with Crippen molar-refractivity contribution in [3.8, 4) is 23.7 Å². The maximum atomic E-state index is 13.9. The third kappa shape index (κ3) is 11.6. The SMILES string of the molecule is C=CC(=O)OCCCCCCOC1CCC(C#CC2CCC(C#CC3CCC(F)CC3)C(C(F)(F)F)C2)CC1. The highest BCUT2D eigenvalue weighted by molar-refractivity contribution is 5.81. The first-order valence-corrected chi connectivity index (χ1v) is 14.9. The number of unbranched alkanes of at least 4 members (excludes halogenated alkanes) is 3. The van der Waals surface area contributed by atoms with Crippen LogP contribution in [0.1, 0.15) is 96.3 Å². The third-order valence-electron chi connectivity index (χ3n) is 8.37. The van der Waals surface area contributed by atoms with Gasteiger partial charge in [0.05, 0.1) is 18.6 Å². The van der Waals surface area contributed by atoms with E-state index in [9.17, 15) is 22.4 Å². The van der Waals surface area contributed by atoms with E-state index >= 15 is 0 Å². The Balaban J connectivity index is 1.34. The highest BCUT2D eigenvalue weighted by Crippen LogP contribution is 2.43. The van der Waals surface area contributed by atoms with Crippen molar-refractivity contribution >= 4 is 5.97 Å². The number of carbonyl (C=O) groups is 1. The molecule has 3 aliphatic carbocycles. The number of hydrogen-bond donors (Lipinski definition) is 0. The van der Waals surface area contributed by atoms with Crippen LogP contribution < -0.4 is 0 Å². The Morgan fingerprint density at radius 3 is 1.97 bits per heavy atom. The molecule has 0 saturated heterocycles. The van der Waals surface area contributed by atoms with Crippen molar-refractivity contribution in [1.29, 1.82) is 0 Å². The molecule has 3 atom stereocenters. The summed E-state index contributed by atoms with van der Waals surface area (Å²) in [4.78, 5) is 11.0. The molecule has 0 aromatic rings. The summed E-state index contributed by atoms with van der Waals surface area (Å²) in [5, 5.41) is 0. The molecule has 0 aromatic heterocycles. The van der Waals surface area contributed by atoms with Gasteiger partial charge in [-0.2, -0.15) is 13.2 Å². The van der Waals surface area contributed by atoms with Crippen LogP contribution in [0.4, 0.5) is 17.6 Å². The van der Waals surface area contributed by atoms with E-state index in [1.54, 1.807) is 0 Å². The predicted molar refractivity (Wildman–Crippen MR) is 144 cm³/mol. The van der Waals surface area contributed by atoms with Crippen molar-refractivity contribution in [2.75, 3.05) is 13.2 Å². The zero-order valence-corrected chi connectivity index (χ0v) is 23.1. The topological polar surface area (TPSA) is 35.5 Å². The van der Waals surface area contributed by atoms with Gasteiger partial charge in [0, 0.05) is 36.4 Å². The van der Waals surface area contributed by atoms with Crippen LogP contribution in [0.2, 0.25) is 0 Å². The van der Waals surface area contributed by atoms with E-state index in [2.05, 4.69) is 30.3 Å². The van der Waals surface area contributed by atoms with Crippen molar-refractivity contribution in [1.82, 2.24) is 0 Å². The standard InChI is InChI=1S/C32H44F4O3/c1-2-31(37)39-22-6-4-3-5-21-38-29-19-13-24(14-20-29)7-8-26-10-16-27(30(23-26)32(34,35)36)15-9-25-11-17-28(33)18-12-25/h2,24-30H,1,3-6,10-14,16-23H2. The first-order chi connectivity index (χ1) is 18.7. The number of carbonyl (C=O) groups excluding carboxylic acids is 1. The lowest BCUT2D eigenvalue weighted by Crippen LogP contribution is -2.35. The minimum Gasteiger partial charge on any atom is -0.463 e. The second-order valence-corrected chi connectivity index (χ2v) is 11.4. The van der Waals surface area contributed by atoms with E-state index < -0.39 is 24.2 Å². The summed E-state index contributed by atoms with van der Waals surface area (Å²) in [5.74, 6) is 10.1. The number of esters is 1.